The molecule has 17 heavy (non-hydrogen) atoms. The SMILES string of the molecule is Cc1cc(NS(=O)(=O)c2cn(C)nc2N)no1. The Bertz CT molecular complexity index is 642. The Hall–Kier alpha value is -2.03. The van der Waals surface area contributed by atoms with E-state index in [-0.39, 0.29) is 16.5 Å². The fourth-order valence-electron chi connectivity index (χ4n) is 1.30. The molecule has 0 unspecified atom stereocenters. The van der Waals surface area contributed by atoms with Crippen molar-refractivity contribution in [1.82, 2.24) is 14.9 Å². The Morgan fingerprint density at radius 1 is 1.53 bits per heavy atom. The minimum atomic E-state index is -3.79. The molecule has 0 aromatic carbocycles. The normalized spacial score (nSPS) is 11.6. The van der Waals surface area contributed by atoms with Gasteiger partial charge in [0.05, 0.1) is 0 Å². The maximum absolute atomic E-state index is 11.9. The minimum Gasteiger partial charge on any atom is -0.381 e. The third-order valence-electron chi connectivity index (χ3n) is 1.98. The van der Waals surface area contributed by atoms with Crippen molar-refractivity contribution in [1.29, 1.82) is 0 Å². The summed E-state index contributed by atoms with van der Waals surface area (Å²) < 4.78 is 32.2. The van der Waals surface area contributed by atoms with E-state index >= 15 is 0 Å². The smallest absolute Gasteiger partial charge is 0.268 e. The highest BCUT2D eigenvalue weighted by atomic mass is 32.2. The average molecular weight is 257 g/mol. The number of aromatic nitrogens is 3. The van der Waals surface area contributed by atoms with Crippen LogP contribution in [0.15, 0.2) is 21.7 Å². The Balaban J connectivity index is 2.34. The molecule has 2 aromatic heterocycles. The van der Waals surface area contributed by atoms with E-state index in [9.17, 15) is 8.42 Å². The van der Waals surface area contributed by atoms with E-state index in [0.29, 0.717) is 5.76 Å². The lowest BCUT2D eigenvalue weighted by molar-refractivity contribution is 0.400. The maximum atomic E-state index is 11.9. The summed E-state index contributed by atoms with van der Waals surface area (Å²) in [6.07, 6.45) is 1.31. The summed E-state index contributed by atoms with van der Waals surface area (Å²) in [5, 5.41) is 7.29. The molecular formula is C8H11N5O3S. The number of hydrogen-bond donors (Lipinski definition) is 2. The molecule has 0 saturated heterocycles. The average Bonchev–Trinajstić information content (AvgIpc) is 2.72. The third kappa shape index (κ3) is 2.23. The fraction of sp³-hybridized carbons (Fsp3) is 0.250. The van der Waals surface area contributed by atoms with Crippen molar-refractivity contribution < 1.29 is 12.9 Å². The van der Waals surface area contributed by atoms with Crippen molar-refractivity contribution in [2.45, 2.75) is 11.8 Å². The second kappa shape index (κ2) is 3.77. The first-order valence-electron chi connectivity index (χ1n) is 4.64. The molecule has 2 heterocycles. The standard InChI is InChI=1S/C8H11N5O3S/c1-5-3-7(11-16-5)12-17(14,15)6-4-13(2)10-8(6)9/h3-4H,1-2H3,(H2,9,10)(H,11,12). The second-order valence-electron chi connectivity index (χ2n) is 3.48. The molecule has 92 valence electrons. The highest BCUT2D eigenvalue weighted by Gasteiger charge is 2.21. The summed E-state index contributed by atoms with van der Waals surface area (Å²) in [4.78, 5) is -0.0966. The molecule has 0 aliphatic rings. The van der Waals surface area contributed by atoms with Crippen LogP contribution in [-0.4, -0.2) is 23.4 Å². The van der Waals surface area contributed by atoms with E-state index in [4.69, 9.17) is 10.3 Å². The van der Waals surface area contributed by atoms with E-state index in [0.717, 1.165) is 0 Å². The Kier molecular flexibility index (Phi) is 2.54. The zero-order chi connectivity index (χ0) is 12.6. The van der Waals surface area contributed by atoms with Crippen LogP contribution < -0.4 is 10.5 Å². The summed E-state index contributed by atoms with van der Waals surface area (Å²) in [6, 6.07) is 1.46. The van der Waals surface area contributed by atoms with E-state index in [2.05, 4.69) is 15.0 Å². The molecular weight excluding hydrogens is 246 g/mol. The van der Waals surface area contributed by atoms with E-state index < -0.39 is 10.0 Å². The molecule has 0 atom stereocenters. The first-order valence-corrected chi connectivity index (χ1v) is 6.12. The molecule has 0 saturated carbocycles. The molecule has 0 fully saturated rings. The molecule has 2 aromatic rings. The largest absolute Gasteiger partial charge is 0.381 e. The summed E-state index contributed by atoms with van der Waals surface area (Å²) in [5.74, 6) is 0.535. The number of anilines is 2. The van der Waals surface area contributed by atoms with Crippen LogP contribution in [0.25, 0.3) is 0 Å². The second-order valence-corrected chi connectivity index (χ2v) is 5.13. The van der Waals surface area contributed by atoms with Gasteiger partial charge in [0, 0.05) is 19.3 Å². The lowest BCUT2D eigenvalue weighted by Crippen LogP contribution is -2.14. The number of nitrogens with zero attached hydrogens (tertiary/aromatic N) is 3. The Labute approximate surface area is 97.4 Å². The number of rotatable bonds is 3. The Morgan fingerprint density at radius 3 is 2.71 bits per heavy atom. The molecule has 0 aliphatic heterocycles. The molecule has 0 amide bonds. The number of nitrogens with two attached hydrogens (primary N) is 1. The van der Waals surface area contributed by atoms with Gasteiger partial charge < -0.3 is 10.3 Å². The highest BCUT2D eigenvalue weighted by molar-refractivity contribution is 7.92. The van der Waals surface area contributed by atoms with Crippen LogP contribution in [0.4, 0.5) is 11.6 Å². The van der Waals surface area contributed by atoms with Crippen molar-refractivity contribution in [3.05, 3.63) is 18.0 Å². The van der Waals surface area contributed by atoms with Crippen LogP contribution in [-0.2, 0) is 17.1 Å². The quantitative estimate of drug-likeness (QED) is 0.805. The molecule has 0 bridgehead atoms. The van der Waals surface area contributed by atoms with E-state index in [1.165, 1.54) is 16.9 Å². The van der Waals surface area contributed by atoms with Crippen molar-refractivity contribution >= 4 is 21.7 Å². The predicted octanol–water partition coefficient (Wildman–Crippen LogP) is 0.0995. The van der Waals surface area contributed by atoms with Gasteiger partial charge in [-0.15, -0.1) is 0 Å². The van der Waals surface area contributed by atoms with Gasteiger partial charge in [-0.3, -0.25) is 9.40 Å². The molecule has 0 spiro atoms. The van der Waals surface area contributed by atoms with Crippen LogP contribution in [0, 0.1) is 6.92 Å². The monoisotopic (exact) mass is 257 g/mol. The van der Waals surface area contributed by atoms with Crippen LogP contribution in [0.2, 0.25) is 0 Å². The number of hydrogen-bond acceptors (Lipinski definition) is 6. The summed E-state index contributed by atoms with van der Waals surface area (Å²) in [5.41, 5.74) is 5.49. The van der Waals surface area contributed by atoms with Gasteiger partial charge in [0.1, 0.15) is 10.7 Å². The van der Waals surface area contributed by atoms with Gasteiger partial charge in [-0.25, -0.2) is 8.42 Å². The van der Waals surface area contributed by atoms with Gasteiger partial charge in [0.2, 0.25) is 0 Å². The first kappa shape index (κ1) is 11.5. The fourth-order valence-corrected chi connectivity index (χ4v) is 2.39. The van der Waals surface area contributed by atoms with Crippen molar-refractivity contribution in [2.75, 3.05) is 10.5 Å². The summed E-state index contributed by atoms with van der Waals surface area (Å²) >= 11 is 0. The number of nitrogens with one attached hydrogen (secondary N) is 1. The van der Waals surface area contributed by atoms with Crippen molar-refractivity contribution in [3.63, 3.8) is 0 Å². The summed E-state index contributed by atoms with van der Waals surface area (Å²) in [7, 11) is -2.21. The number of aryl methyl sites for hydroxylation is 2. The molecule has 2 rings (SSSR count). The molecule has 3 N–H and O–H groups in total. The topological polar surface area (TPSA) is 116 Å². The molecule has 0 aliphatic carbocycles. The zero-order valence-electron chi connectivity index (χ0n) is 9.21. The lowest BCUT2D eigenvalue weighted by atomic mass is 10.5. The van der Waals surface area contributed by atoms with Gasteiger partial charge in [0.15, 0.2) is 11.6 Å². The molecule has 0 radical (unpaired) electrons. The van der Waals surface area contributed by atoms with Crippen LogP contribution in [0.5, 0.6) is 0 Å². The zero-order valence-corrected chi connectivity index (χ0v) is 10.0. The number of sulfonamides is 1. The minimum absolute atomic E-state index is 0.0692. The van der Waals surface area contributed by atoms with Gasteiger partial charge >= 0.3 is 0 Å². The lowest BCUT2D eigenvalue weighted by Gasteiger charge is -2.01. The van der Waals surface area contributed by atoms with E-state index in [1.54, 1.807) is 14.0 Å². The Morgan fingerprint density at radius 2 is 2.24 bits per heavy atom. The van der Waals surface area contributed by atoms with Gasteiger partial charge in [-0.05, 0) is 6.92 Å². The molecule has 8 nitrogen and oxygen atoms in total. The number of nitrogen functional groups attached to an aromatic ring is 1. The van der Waals surface area contributed by atoms with Gasteiger partial charge in [-0.1, -0.05) is 5.16 Å². The molecule has 9 heteroatoms. The van der Waals surface area contributed by atoms with E-state index in [1.807, 2.05) is 0 Å². The highest BCUT2D eigenvalue weighted by Crippen LogP contribution is 2.19. The van der Waals surface area contributed by atoms with Gasteiger partial charge in [0.25, 0.3) is 10.0 Å². The third-order valence-corrected chi connectivity index (χ3v) is 3.35. The first-order chi connectivity index (χ1) is 7.88. The van der Waals surface area contributed by atoms with Crippen LogP contribution in [0.3, 0.4) is 0 Å². The van der Waals surface area contributed by atoms with Crippen molar-refractivity contribution in [3.8, 4) is 0 Å². The maximum Gasteiger partial charge on any atom is 0.268 e. The summed E-state index contributed by atoms with van der Waals surface area (Å²) in [6.45, 7) is 1.66. The predicted molar refractivity (Wildman–Crippen MR) is 59.7 cm³/mol. The van der Waals surface area contributed by atoms with Gasteiger partial charge in [-0.2, -0.15) is 5.10 Å². The van der Waals surface area contributed by atoms with Crippen LogP contribution >= 0.6 is 0 Å². The van der Waals surface area contributed by atoms with Crippen molar-refractivity contribution in [2.24, 2.45) is 7.05 Å². The van der Waals surface area contributed by atoms with Crippen LogP contribution in [0.1, 0.15) is 5.76 Å².